The number of ether oxygens (including phenoxy) is 2. The van der Waals surface area contributed by atoms with Crippen molar-refractivity contribution in [1.29, 1.82) is 0 Å². The van der Waals surface area contributed by atoms with E-state index in [2.05, 4.69) is 6.08 Å². The second kappa shape index (κ2) is 8.02. The summed E-state index contributed by atoms with van der Waals surface area (Å²) in [5.41, 5.74) is 1.10. The fraction of sp³-hybridized carbons (Fsp3) is 0.875. The van der Waals surface area contributed by atoms with Crippen LogP contribution in [0.15, 0.2) is 11.6 Å². The van der Waals surface area contributed by atoms with Crippen molar-refractivity contribution in [2.24, 2.45) is 11.8 Å². The van der Waals surface area contributed by atoms with Crippen LogP contribution in [0.5, 0.6) is 0 Å². The molecule has 7 heteroatoms. The molecule has 5 N–H and O–H groups in total. The Balaban J connectivity index is 2.03. The first-order chi connectivity index (χ1) is 10.9. The lowest BCUT2D eigenvalue weighted by molar-refractivity contribution is -0.314. The molecule has 0 spiro atoms. The van der Waals surface area contributed by atoms with Crippen molar-refractivity contribution < 1.29 is 35.0 Å². The zero-order valence-electron chi connectivity index (χ0n) is 13.6. The first kappa shape index (κ1) is 18.8. The fourth-order valence-corrected chi connectivity index (χ4v) is 3.06. The highest BCUT2D eigenvalue weighted by molar-refractivity contribution is 5.12. The van der Waals surface area contributed by atoms with Gasteiger partial charge in [-0.2, -0.15) is 0 Å². The van der Waals surface area contributed by atoms with Crippen LogP contribution in [0.2, 0.25) is 0 Å². The number of rotatable bonds is 5. The van der Waals surface area contributed by atoms with Gasteiger partial charge in [0.05, 0.1) is 12.7 Å². The van der Waals surface area contributed by atoms with Gasteiger partial charge in [-0.1, -0.05) is 25.5 Å². The molecule has 1 aliphatic heterocycles. The van der Waals surface area contributed by atoms with Gasteiger partial charge in [-0.25, -0.2) is 0 Å². The minimum atomic E-state index is -1.43. The van der Waals surface area contributed by atoms with Gasteiger partial charge < -0.3 is 35.0 Å². The van der Waals surface area contributed by atoms with E-state index in [4.69, 9.17) is 9.47 Å². The minimum absolute atomic E-state index is 0.0448. The third-order valence-electron chi connectivity index (χ3n) is 4.89. The molecule has 1 saturated heterocycles. The van der Waals surface area contributed by atoms with Crippen molar-refractivity contribution in [2.45, 2.75) is 63.5 Å². The van der Waals surface area contributed by atoms with Crippen LogP contribution in [-0.2, 0) is 9.47 Å². The summed E-state index contributed by atoms with van der Waals surface area (Å²) < 4.78 is 11.3. The summed E-state index contributed by atoms with van der Waals surface area (Å²) in [6, 6.07) is 0. The summed E-state index contributed by atoms with van der Waals surface area (Å²) in [5.74, 6) is 0.236. The molecule has 1 aliphatic carbocycles. The van der Waals surface area contributed by atoms with Gasteiger partial charge in [0.25, 0.3) is 0 Å². The van der Waals surface area contributed by atoms with E-state index in [-0.39, 0.29) is 24.5 Å². The summed E-state index contributed by atoms with van der Waals surface area (Å²) in [5, 5.41) is 48.2. The average molecular weight is 332 g/mol. The molecule has 8 atom stereocenters. The van der Waals surface area contributed by atoms with Gasteiger partial charge in [0, 0.05) is 12.5 Å². The van der Waals surface area contributed by atoms with Crippen molar-refractivity contribution in [3.63, 3.8) is 0 Å². The maximum absolute atomic E-state index is 10.1. The maximum atomic E-state index is 10.1. The van der Waals surface area contributed by atoms with Gasteiger partial charge in [0.15, 0.2) is 6.29 Å². The second-order valence-electron chi connectivity index (χ2n) is 6.65. The van der Waals surface area contributed by atoms with Crippen molar-refractivity contribution in [1.82, 2.24) is 0 Å². The molecule has 0 aromatic rings. The van der Waals surface area contributed by atoms with Crippen molar-refractivity contribution in [2.75, 3.05) is 13.2 Å². The molecule has 7 nitrogen and oxygen atoms in total. The van der Waals surface area contributed by atoms with Crippen LogP contribution in [-0.4, -0.2) is 75.6 Å². The van der Waals surface area contributed by atoms with Crippen LogP contribution in [0.25, 0.3) is 0 Å². The third kappa shape index (κ3) is 4.11. The van der Waals surface area contributed by atoms with Crippen LogP contribution >= 0.6 is 0 Å². The van der Waals surface area contributed by atoms with E-state index in [0.29, 0.717) is 6.42 Å². The zero-order chi connectivity index (χ0) is 17.1. The molecular formula is C16H28O7. The van der Waals surface area contributed by atoms with Gasteiger partial charge in [0.1, 0.15) is 24.4 Å². The summed E-state index contributed by atoms with van der Waals surface area (Å²) in [6.07, 6.45) is -3.00. The van der Waals surface area contributed by atoms with Crippen LogP contribution in [0.1, 0.15) is 26.7 Å². The highest BCUT2D eigenvalue weighted by atomic mass is 16.7. The van der Waals surface area contributed by atoms with Gasteiger partial charge >= 0.3 is 0 Å². The van der Waals surface area contributed by atoms with Crippen molar-refractivity contribution >= 4 is 0 Å². The Kier molecular flexibility index (Phi) is 6.56. The van der Waals surface area contributed by atoms with Crippen LogP contribution in [0, 0.1) is 11.8 Å². The lowest BCUT2D eigenvalue weighted by Gasteiger charge is -2.42. The Morgan fingerprint density at radius 1 is 1.22 bits per heavy atom. The van der Waals surface area contributed by atoms with E-state index < -0.39 is 37.3 Å². The van der Waals surface area contributed by atoms with Crippen molar-refractivity contribution in [3.8, 4) is 0 Å². The van der Waals surface area contributed by atoms with E-state index in [0.717, 1.165) is 12.0 Å². The molecule has 0 aromatic carbocycles. The second-order valence-corrected chi connectivity index (χ2v) is 6.65. The Labute approximate surface area is 136 Å². The topological polar surface area (TPSA) is 120 Å². The monoisotopic (exact) mass is 332 g/mol. The van der Waals surface area contributed by atoms with E-state index in [1.807, 2.05) is 13.8 Å². The Morgan fingerprint density at radius 3 is 2.52 bits per heavy atom. The van der Waals surface area contributed by atoms with E-state index in [1.165, 1.54) is 0 Å². The molecular weight excluding hydrogens is 304 g/mol. The van der Waals surface area contributed by atoms with E-state index in [9.17, 15) is 25.5 Å². The Bertz CT molecular complexity index is 411. The largest absolute Gasteiger partial charge is 0.396 e. The molecule has 2 aliphatic rings. The highest BCUT2D eigenvalue weighted by Crippen LogP contribution is 2.33. The summed E-state index contributed by atoms with van der Waals surface area (Å²) in [4.78, 5) is 0. The maximum Gasteiger partial charge on any atom is 0.186 e. The van der Waals surface area contributed by atoms with Crippen LogP contribution < -0.4 is 0 Å². The van der Waals surface area contributed by atoms with Crippen LogP contribution in [0.3, 0.4) is 0 Å². The molecule has 0 bridgehead atoms. The standard InChI is InChI=1S/C16H28O7/c1-8-3-4-10(9(2)6-17)5-11(8)22-16-15(21)14(20)13(19)12(7-18)23-16/h4,8-9,11-21H,3,5-7H2,1-2H3/t8?,9?,11?,12-,13-,14+,15-,16-/m1/s1. The lowest BCUT2D eigenvalue weighted by Crippen LogP contribution is -2.60. The summed E-state index contributed by atoms with van der Waals surface area (Å²) in [7, 11) is 0. The summed E-state index contributed by atoms with van der Waals surface area (Å²) >= 11 is 0. The first-order valence-electron chi connectivity index (χ1n) is 8.14. The van der Waals surface area contributed by atoms with Gasteiger partial charge in [-0.3, -0.25) is 0 Å². The Morgan fingerprint density at radius 2 is 1.91 bits per heavy atom. The number of hydrogen-bond donors (Lipinski definition) is 5. The first-order valence-corrected chi connectivity index (χ1v) is 8.14. The molecule has 1 fully saturated rings. The molecule has 2 rings (SSSR count). The SMILES string of the molecule is CC(CO)C1=CCC(C)C(O[C@@H]2O[C@H](CO)[C@@H](O)[C@H](O)[C@H]2O)C1. The lowest BCUT2D eigenvalue weighted by atomic mass is 9.83. The smallest absolute Gasteiger partial charge is 0.186 e. The normalized spacial score (nSPS) is 43.1. The molecule has 0 saturated carbocycles. The average Bonchev–Trinajstić information content (AvgIpc) is 2.56. The predicted molar refractivity (Wildman–Crippen MR) is 81.4 cm³/mol. The number of aliphatic hydroxyl groups is 5. The minimum Gasteiger partial charge on any atom is -0.396 e. The van der Waals surface area contributed by atoms with Crippen molar-refractivity contribution in [3.05, 3.63) is 11.6 Å². The van der Waals surface area contributed by atoms with Gasteiger partial charge in [0.2, 0.25) is 0 Å². The molecule has 0 aromatic heterocycles. The van der Waals surface area contributed by atoms with Gasteiger partial charge in [-0.15, -0.1) is 0 Å². The number of hydrogen-bond acceptors (Lipinski definition) is 7. The zero-order valence-corrected chi connectivity index (χ0v) is 13.6. The van der Waals surface area contributed by atoms with Gasteiger partial charge in [-0.05, 0) is 18.8 Å². The predicted octanol–water partition coefficient (Wildman–Crippen LogP) is -0.844. The molecule has 1 heterocycles. The number of allylic oxidation sites excluding steroid dienone is 1. The molecule has 3 unspecified atom stereocenters. The van der Waals surface area contributed by atoms with E-state index >= 15 is 0 Å². The highest BCUT2D eigenvalue weighted by Gasteiger charge is 2.45. The summed E-state index contributed by atoms with van der Waals surface area (Å²) in [6.45, 7) is 3.54. The van der Waals surface area contributed by atoms with E-state index in [1.54, 1.807) is 0 Å². The quantitative estimate of drug-likeness (QED) is 0.416. The Hall–Kier alpha value is -0.540. The van der Waals surface area contributed by atoms with Crippen LogP contribution in [0.4, 0.5) is 0 Å². The fourth-order valence-electron chi connectivity index (χ4n) is 3.06. The molecule has 23 heavy (non-hydrogen) atoms. The molecule has 134 valence electrons. The molecule has 0 radical (unpaired) electrons. The third-order valence-corrected chi connectivity index (χ3v) is 4.89. The molecule has 0 amide bonds. The number of aliphatic hydroxyl groups excluding tert-OH is 5.